The summed E-state index contributed by atoms with van der Waals surface area (Å²) in [7, 11) is 2.40. The summed E-state index contributed by atoms with van der Waals surface area (Å²) in [6.07, 6.45) is 1.66. The number of carboxylic acid groups (broad SMARTS) is 1. The molecule has 2 atom stereocenters. The number of hydrogen-bond acceptors (Lipinski definition) is 2. The lowest BCUT2D eigenvalue weighted by atomic mass is 10.2. The molecule has 0 heterocycles. The van der Waals surface area contributed by atoms with Gasteiger partial charge in [0.05, 0.1) is 6.42 Å². The van der Waals surface area contributed by atoms with Crippen LogP contribution in [0.25, 0.3) is 0 Å². The Hall–Kier alpha value is -0.400. The number of carboxylic acids is 1. The van der Waals surface area contributed by atoms with Crippen LogP contribution in [0.5, 0.6) is 0 Å². The predicted octanol–water partition coefficient (Wildman–Crippen LogP) is 0.567. The van der Waals surface area contributed by atoms with E-state index < -0.39 is 5.97 Å². The topological polar surface area (TPSA) is 63.3 Å². The Labute approximate surface area is 62.5 Å². The summed E-state index contributed by atoms with van der Waals surface area (Å²) in [5, 5.41) is 8.25. The van der Waals surface area contributed by atoms with Crippen LogP contribution in [0.15, 0.2) is 11.6 Å². The molecular weight excluding hydrogens is 149 g/mol. The Balaban J connectivity index is 3.80. The summed E-state index contributed by atoms with van der Waals surface area (Å²) in [6, 6.07) is 0. The summed E-state index contributed by atoms with van der Waals surface area (Å²) in [6.45, 7) is 1.81. The molecule has 0 aromatic carbocycles. The van der Waals surface area contributed by atoms with Crippen molar-refractivity contribution >= 4 is 15.2 Å². The number of nitrogens with two attached hydrogens (primary N) is 1. The van der Waals surface area contributed by atoms with E-state index in [9.17, 15) is 4.79 Å². The van der Waals surface area contributed by atoms with Gasteiger partial charge >= 0.3 is 5.97 Å². The third kappa shape index (κ3) is 4.48. The maximum atomic E-state index is 10.0. The molecule has 10 heavy (non-hydrogen) atoms. The Bertz CT molecular complexity index is 154. The van der Waals surface area contributed by atoms with Gasteiger partial charge in [0.15, 0.2) is 0 Å². The van der Waals surface area contributed by atoms with Gasteiger partial charge in [-0.3, -0.25) is 4.79 Å². The smallest absolute Gasteiger partial charge is 0.307 e. The molecule has 0 amide bonds. The molecule has 4 heteroatoms. The third-order valence-corrected chi connectivity index (χ3v) is 1.65. The van der Waals surface area contributed by atoms with E-state index in [4.69, 9.17) is 10.8 Å². The maximum absolute atomic E-state index is 10.0. The molecule has 3 nitrogen and oxygen atoms in total. The fraction of sp³-hybridized carbons (Fsp3) is 0.500. The molecule has 0 aromatic heterocycles. The minimum absolute atomic E-state index is 0.0495. The van der Waals surface area contributed by atoms with E-state index in [-0.39, 0.29) is 12.2 Å². The standard InChI is InChI=1S/C6H12NO2P/c1-4(6(7)10)2-3-5(8)9/h2,6H,3,7,10H2,1H3,(H,8,9). The normalized spacial score (nSPS) is 14.9. The fourth-order valence-electron chi connectivity index (χ4n) is 0.384. The molecule has 0 aliphatic rings. The van der Waals surface area contributed by atoms with Crippen LogP contribution in [0.2, 0.25) is 0 Å². The second kappa shape index (κ2) is 4.42. The molecule has 0 spiro atoms. The molecular formula is C6H12NO2P. The molecule has 0 saturated heterocycles. The summed E-state index contributed by atoms with van der Waals surface area (Å²) in [5.41, 5.74) is 6.31. The summed E-state index contributed by atoms with van der Waals surface area (Å²) in [5.74, 6) is -0.954. The molecule has 0 aliphatic heterocycles. The third-order valence-electron chi connectivity index (χ3n) is 1.12. The lowest BCUT2D eigenvalue weighted by Crippen LogP contribution is -2.12. The van der Waals surface area contributed by atoms with Crippen molar-refractivity contribution in [2.75, 3.05) is 0 Å². The molecule has 0 fully saturated rings. The molecule has 0 radical (unpaired) electrons. The number of hydrogen-bond donors (Lipinski definition) is 2. The van der Waals surface area contributed by atoms with E-state index >= 15 is 0 Å². The first kappa shape index (κ1) is 9.60. The van der Waals surface area contributed by atoms with E-state index in [1.54, 1.807) is 13.0 Å². The molecule has 0 aromatic rings. The van der Waals surface area contributed by atoms with Gasteiger partial charge in [0, 0.05) is 5.78 Å². The van der Waals surface area contributed by atoms with Crippen molar-refractivity contribution in [1.29, 1.82) is 0 Å². The molecule has 0 saturated carbocycles. The van der Waals surface area contributed by atoms with Crippen molar-refractivity contribution < 1.29 is 9.90 Å². The highest BCUT2D eigenvalue weighted by Crippen LogP contribution is 2.05. The van der Waals surface area contributed by atoms with Crippen molar-refractivity contribution in [2.24, 2.45) is 5.73 Å². The maximum Gasteiger partial charge on any atom is 0.307 e. The largest absolute Gasteiger partial charge is 0.481 e. The minimum atomic E-state index is -0.829. The number of aliphatic carboxylic acids is 1. The number of rotatable bonds is 3. The molecule has 3 N–H and O–H groups in total. The van der Waals surface area contributed by atoms with Crippen molar-refractivity contribution in [2.45, 2.75) is 19.1 Å². The molecule has 0 rings (SSSR count). The SMILES string of the molecule is CC(=CCC(=O)O)C(N)P. The average molecular weight is 161 g/mol. The van der Waals surface area contributed by atoms with Crippen molar-refractivity contribution in [3.63, 3.8) is 0 Å². The van der Waals surface area contributed by atoms with Gasteiger partial charge < -0.3 is 10.8 Å². The fourth-order valence-corrected chi connectivity index (χ4v) is 0.520. The van der Waals surface area contributed by atoms with Crippen LogP contribution in [0.4, 0.5) is 0 Å². The van der Waals surface area contributed by atoms with Gasteiger partial charge in [-0.2, -0.15) is 0 Å². The first-order chi connectivity index (χ1) is 4.54. The van der Waals surface area contributed by atoms with Gasteiger partial charge in [-0.15, -0.1) is 9.24 Å². The van der Waals surface area contributed by atoms with E-state index in [1.807, 2.05) is 0 Å². The first-order valence-electron chi connectivity index (χ1n) is 2.93. The lowest BCUT2D eigenvalue weighted by Gasteiger charge is -2.02. The zero-order valence-corrected chi connectivity index (χ0v) is 7.03. The highest BCUT2D eigenvalue weighted by Gasteiger charge is 1.97. The Kier molecular flexibility index (Phi) is 4.24. The van der Waals surface area contributed by atoms with Crippen molar-refractivity contribution in [3.05, 3.63) is 11.6 Å². The van der Waals surface area contributed by atoms with Crippen molar-refractivity contribution in [1.82, 2.24) is 0 Å². The van der Waals surface area contributed by atoms with Crippen LogP contribution >= 0.6 is 9.24 Å². The summed E-state index contributed by atoms with van der Waals surface area (Å²) >= 11 is 0. The quantitative estimate of drug-likeness (QED) is 0.469. The zero-order valence-electron chi connectivity index (χ0n) is 5.87. The van der Waals surface area contributed by atoms with E-state index in [0.29, 0.717) is 0 Å². The monoisotopic (exact) mass is 161 g/mol. The van der Waals surface area contributed by atoms with Gasteiger partial charge in [-0.05, 0) is 6.92 Å². The van der Waals surface area contributed by atoms with Gasteiger partial charge in [-0.25, -0.2) is 0 Å². The highest BCUT2D eigenvalue weighted by molar-refractivity contribution is 7.17. The van der Waals surface area contributed by atoms with Gasteiger partial charge in [-0.1, -0.05) is 11.6 Å². The summed E-state index contributed by atoms with van der Waals surface area (Å²) in [4.78, 5) is 10.0. The Morgan fingerprint density at radius 2 is 2.40 bits per heavy atom. The van der Waals surface area contributed by atoms with Crippen LogP contribution in [0, 0.1) is 0 Å². The second-order valence-corrected chi connectivity index (χ2v) is 2.79. The van der Waals surface area contributed by atoms with E-state index in [0.717, 1.165) is 5.57 Å². The second-order valence-electron chi connectivity index (χ2n) is 2.07. The van der Waals surface area contributed by atoms with Crippen molar-refractivity contribution in [3.8, 4) is 0 Å². The Morgan fingerprint density at radius 1 is 1.90 bits per heavy atom. The lowest BCUT2D eigenvalue weighted by molar-refractivity contribution is -0.136. The molecule has 2 unspecified atom stereocenters. The highest BCUT2D eigenvalue weighted by atomic mass is 31.0. The van der Waals surface area contributed by atoms with Crippen LogP contribution < -0.4 is 5.73 Å². The Morgan fingerprint density at radius 3 is 2.70 bits per heavy atom. The summed E-state index contributed by atoms with van der Waals surface area (Å²) < 4.78 is 0. The minimum Gasteiger partial charge on any atom is -0.481 e. The van der Waals surface area contributed by atoms with Crippen LogP contribution in [-0.4, -0.2) is 16.9 Å². The molecule has 0 aliphatic carbocycles. The molecule has 0 bridgehead atoms. The first-order valence-corrected chi connectivity index (χ1v) is 3.60. The van der Waals surface area contributed by atoms with Crippen LogP contribution in [-0.2, 0) is 4.79 Å². The number of carbonyl (C=O) groups is 1. The molecule has 58 valence electrons. The van der Waals surface area contributed by atoms with E-state index in [1.165, 1.54) is 0 Å². The zero-order chi connectivity index (χ0) is 8.15. The van der Waals surface area contributed by atoms with Gasteiger partial charge in [0.25, 0.3) is 0 Å². The van der Waals surface area contributed by atoms with E-state index in [2.05, 4.69) is 9.24 Å². The van der Waals surface area contributed by atoms with Gasteiger partial charge in [0.1, 0.15) is 0 Å². The van der Waals surface area contributed by atoms with Gasteiger partial charge in [0.2, 0.25) is 0 Å². The predicted molar refractivity (Wildman–Crippen MR) is 43.7 cm³/mol. The average Bonchev–Trinajstić information content (AvgIpc) is 1.82. The van der Waals surface area contributed by atoms with Crippen LogP contribution in [0.3, 0.4) is 0 Å². The van der Waals surface area contributed by atoms with Crippen LogP contribution in [0.1, 0.15) is 13.3 Å².